The molecular formula is C13H13BrO4. The Morgan fingerprint density at radius 2 is 2.33 bits per heavy atom. The molecule has 2 rings (SSSR count). The summed E-state index contributed by atoms with van der Waals surface area (Å²) in [5.41, 5.74) is 0.878. The molecular weight excluding hydrogens is 300 g/mol. The lowest BCUT2D eigenvalue weighted by Gasteiger charge is -2.24. The monoisotopic (exact) mass is 312 g/mol. The molecule has 0 saturated heterocycles. The molecule has 0 aliphatic carbocycles. The topological polar surface area (TPSA) is 52.6 Å². The molecule has 0 unspecified atom stereocenters. The fourth-order valence-corrected chi connectivity index (χ4v) is 2.30. The summed E-state index contributed by atoms with van der Waals surface area (Å²) in [6, 6.07) is 5.58. The predicted octanol–water partition coefficient (Wildman–Crippen LogP) is 2.27. The number of carbonyl (C=O) groups is 2. The van der Waals surface area contributed by atoms with Crippen LogP contribution >= 0.6 is 15.9 Å². The van der Waals surface area contributed by atoms with Crippen LogP contribution in [0.3, 0.4) is 0 Å². The molecule has 1 aromatic rings. The summed E-state index contributed by atoms with van der Waals surface area (Å²) in [7, 11) is 1.33. The molecule has 0 aromatic heterocycles. The first kappa shape index (κ1) is 13.1. The molecule has 1 atom stereocenters. The summed E-state index contributed by atoms with van der Waals surface area (Å²) >= 11 is 3.36. The van der Waals surface area contributed by atoms with Crippen molar-refractivity contribution >= 4 is 27.7 Å². The second-order valence-electron chi connectivity index (χ2n) is 4.12. The van der Waals surface area contributed by atoms with Gasteiger partial charge in [-0.15, -0.1) is 0 Å². The minimum atomic E-state index is -0.544. The molecule has 0 amide bonds. The summed E-state index contributed by atoms with van der Waals surface area (Å²) in [6.45, 7) is 0. The van der Waals surface area contributed by atoms with Gasteiger partial charge in [0.2, 0.25) is 0 Å². The smallest absolute Gasteiger partial charge is 0.305 e. The summed E-state index contributed by atoms with van der Waals surface area (Å²) in [5.74, 6) is 0.394. The second kappa shape index (κ2) is 5.52. The van der Waals surface area contributed by atoms with Gasteiger partial charge in [0.05, 0.1) is 7.11 Å². The normalized spacial score (nSPS) is 17.9. The highest BCUT2D eigenvalue weighted by Crippen LogP contribution is 2.29. The summed E-state index contributed by atoms with van der Waals surface area (Å²) in [4.78, 5) is 22.9. The first-order valence-corrected chi connectivity index (χ1v) is 6.44. The summed E-state index contributed by atoms with van der Waals surface area (Å²) in [6.07, 6.45) is 0.359. The van der Waals surface area contributed by atoms with E-state index in [-0.39, 0.29) is 18.2 Å². The Kier molecular flexibility index (Phi) is 4.01. The fraction of sp³-hybridized carbons (Fsp3) is 0.385. The number of rotatable bonds is 3. The third-order valence-electron chi connectivity index (χ3n) is 2.85. The highest BCUT2D eigenvalue weighted by atomic mass is 79.9. The Bertz CT molecular complexity index is 484. The van der Waals surface area contributed by atoms with Gasteiger partial charge in [-0.3, -0.25) is 9.59 Å². The molecule has 0 fully saturated rings. The van der Waals surface area contributed by atoms with Crippen LogP contribution in [0.4, 0.5) is 0 Å². The van der Waals surface area contributed by atoms with Crippen molar-refractivity contribution in [1.29, 1.82) is 0 Å². The second-order valence-corrected chi connectivity index (χ2v) is 5.03. The number of ether oxygens (including phenoxy) is 2. The van der Waals surface area contributed by atoms with Crippen molar-refractivity contribution in [3.8, 4) is 5.75 Å². The van der Waals surface area contributed by atoms with Crippen molar-refractivity contribution in [3.05, 3.63) is 28.2 Å². The van der Waals surface area contributed by atoms with Gasteiger partial charge in [0, 0.05) is 29.3 Å². The largest absolute Gasteiger partial charge is 0.482 e. The highest BCUT2D eigenvalue weighted by molar-refractivity contribution is 9.10. The number of Topliss-reactive ketones (excluding diaryl/α,β-unsaturated/α-hetero) is 1. The predicted molar refractivity (Wildman–Crippen MR) is 68.5 cm³/mol. The average molecular weight is 313 g/mol. The number of halogens is 1. The number of methoxy groups -OCH3 is 1. The van der Waals surface area contributed by atoms with E-state index in [0.717, 1.165) is 10.0 Å². The first-order valence-electron chi connectivity index (χ1n) is 5.65. The van der Waals surface area contributed by atoms with Crippen LogP contribution in [0.2, 0.25) is 0 Å². The molecule has 1 aromatic carbocycles. The van der Waals surface area contributed by atoms with Crippen molar-refractivity contribution < 1.29 is 19.1 Å². The van der Waals surface area contributed by atoms with E-state index in [2.05, 4.69) is 20.7 Å². The van der Waals surface area contributed by atoms with Crippen molar-refractivity contribution in [2.75, 3.05) is 7.11 Å². The van der Waals surface area contributed by atoms with Gasteiger partial charge in [-0.1, -0.05) is 15.9 Å². The lowest BCUT2D eigenvalue weighted by atomic mass is 9.98. The molecule has 1 aliphatic heterocycles. The van der Waals surface area contributed by atoms with E-state index in [1.807, 2.05) is 18.2 Å². The molecule has 18 heavy (non-hydrogen) atoms. The molecule has 0 radical (unpaired) electrons. The molecule has 1 heterocycles. The number of hydrogen-bond donors (Lipinski definition) is 0. The van der Waals surface area contributed by atoms with E-state index in [1.54, 1.807) is 0 Å². The van der Waals surface area contributed by atoms with Crippen LogP contribution < -0.4 is 4.74 Å². The van der Waals surface area contributed by atoms with Crippen molar-refractivity contribution in [2.24, 2.45) is 0 Å². The van der Waals surface area contributed by atoms with Gasteiger partial charge in [0.15, 0.2) is 11.9 Å². The molecule has 0 bridgehead atoms. The van der Waals surface area contributed by atoms with Gasteiger partial charge >= 0.3 is 5.97 Å². The number of carbonyl (C=O) groups excluding carboxylic acids is 2. The van der Waals surface area contributed by atoms with Crippen LogP contribution in [0.1, 0.15) is 18.4 Å². The van der Waals surface area contributed by atoms with E-state index in [0.29, 0.717) is 18.6 Å². The lowest BCUT2D eigenvalue weighted by Crippen LogP contribution is -2.33. The zero-order valence-electron chi connectivity index (χ0n) is 9.94. The minimum absolute atomic E-state index is 0.00417. The highest BCUT2D eigenvalue weighted by Gasteiger charge is 2.28. The van der Waals surface area contributed by atoms with E-state index in [4.69, 9.17) is 4.74 Å². The lowest BCUT2D eigenvalue weighted by molar-refractivity contribution is -0.141. The standard InChI is InChI=1S/C13H13BrO4/c1-17-13(16)5-4-12-10(15)7-8-6-9(14)2-3-11(8)18-12/h2-3,6,12H,4-5,7H2,1H3/t12-/m0/s1. The number of benzene rings is 1. The Morgan fingerprint density at radius 1 is 1.56 bits per heavy atom. The molecule has 0 saturated carbocycles. The van der Waals surface area contributed by atoms with E-state index in [9.17, 15) is 9.59 Å². The minimum Gasteiger partial charge on any atom is -0.482 e. The summed E-state index contributed by atoms with van der Waals surface area (Å²) in [5, 5.41) is 0. The van der Waals surface area contributed by atoms with Gasteiger partial charge in [-0.25, -0.2) is 0 Å². The van der Waals surface area contributed by atoms with Gasteiger partial charge in [0.25, 0.3) is 0 Å². The van der Waals surface area contributed by atoms with E-state index < -0.39 is 6.10 Å². The maximum atomic E-state index is 11.9. The maximum Gasteiger partial charge on any atom is 0.305 e. The van der Waals surface area contributed by atoms with Gasteiger partial charge in [-0.05, 0) is 18.2 Å². The first-order chi connectivity index (χ1) is 8.60. The van der Waals surface area contributed by atoms with Crippen molar-refractivity contribution in [1.82, 2.24) is 0 Å². The third-order valence-corrected chi connectivity index (χ3v) is 3.35. The molecule has 0 spiro atoms. The molecule has 1 aliphatic rings. The number of esters is 1. The van der Waals surface area contributed by atoms with Gasteiger partial charge < -0.3 is 9.47 Å². The average Bonchev–Trinajstić information content (AvgIpc) is 2.35. The van der Waals surface area contributed by atoms with Crippen molar-refractivity contribution in [2.45, 2.75) is 25.4 Å². The van der Waals surface area contributed by atoms with E-state index in [1.165, 1.54) is 7.11 Å². The van der Waals surface area contributed by atoms with Crippen molar-refractivity contribution in [3.63, 3.8) is 0 Å². The van der Waals surface area contributed by atoms with Crippen LogP contribution in [0, 0.1) is 0 Å². The van der Waals surface area contributed by atoms with Gasteiger partial charge in [-0.2, -0.15) is 0 Å². The summed E-state index contributed by atoms with van der Waals surface area (Å²) < 4.78 is 11.1. The Morgan fingerprint density at radius 3 is 3.06 bits per heavy atom. The van der Waals surface area contributed by atoms with Crippen LogP contribution in [0.25, 0.3) is 0 Å². The number of hydrogen-bond acceptors (Lipinski definition) is 4. The van der Waals surface area contributed by atoms with Crippen LogP contribution in [-0.4, -0.2) is 25.0 Å². The van der Waals surface area contributed by atoms with Crippen LogP contribution in [-0.2, 0) is 20.7 Å². The Labute approximate surface area is 113 Å². The molecule has 5 heteroatoms. The van der Waals surface area contributed by atoms with Gasteiger partial charge in [0.1, 0.15) is 5.75 Å². The quantitative estimate of drug-likeness (QED) is 0.803. The Balaban J connectivity index is 2.06. The maximum absolute atomic E-state index is 11.9. The molecule has 96 valence electrons. The number of fused-ring (bicyclic) bond motifs is 1. The SMILES string of the molecule is COC(=O)CC[C@@H]1Oc2ccc(Br)cc2CC1=O. The zero-order valence-corrected chi connectivity index (χ0v) is 11.5. The van der Waals surface area contributed by atoms with Crippen LogP contribution in [0.5, 0.6) is 5.75 Å². The van der Waals surface area contributed by atoms with E-state index >= 15 is 0 Å². The number of ketones is 1. The van der Waals surface area contributed by atoms with Crippen LogP contribution in [0.15, 0.2) is 22.7 Å². The zero-order chi connectivity index (χ0) is 13.1. The third kappa shape index (κ3) is 2.90. The molecule has 4 nitrogen and oxygen atoms in total. The fourth-order valence-electron chi connectivity index (χ4n) is 1.89. The molecule has 0 N–H and O–H groups in total. The Hall–Kier alpha value is -1.36.